The summed E-state index contributed by atoms with van der Waals surface area (Å²) in [4.78, 5) is 18.8. The fourth-order valence-corrected chi connectivity index (χ4v) is 2.67. The number of halogens is 1. The lowest BCUT2D eigenvalue weighted by Gasteiger charge is -2.34. The summed E-state index contributed by atoms with van der Waals surface area (Å²) >= 11 is 3.34. The zero-order chi connectivity index (χ0) is 13.7. The number of piperidine rings is 1. The van der Waals surface area contributed by atoms with Gasteiger partial charge in [0.25, 0.3) is 5.91 Å². The molecule has 5 heteroatoms. The van der Waals surface area contributed by atoms with Crippen LogP contribution in [0.2, 0.25) is 0 Å². The number of amides is 1. The van der Waals surface area contributed by atoms with Crippen molar-refractivity contribution in [1.29, 1.82) is 0 Å². The summed E-state index contributed by atoms with van der Waals surface area (Å²) in [5.41, 5.74) is 0.530. The largest absolute Gasteiger partial charge is 0.333 e. The van der Waals surface area contributed by atoms with Crippen molar-refractivity contribution in [2.75, 3.05) is 19.6 Å². The van der Waals surface area contributed by atoms with Crippen molar-refractivity contribution in [3.63, 3.8) is 0 Å². The van der Waals surface area contributed by atoms with Gasteiger partial charge >= 0.3 is 0 Å². The first-order chi connectivity index (χ1) is 9.22. The molecule has 1 aliphatic heterocycles. The lowest BCUT2D eigenvalue weighted by molar-refractivity contribution is 0.0643. The predicted molar refractivity (Wildman–Crippen MR) is 79.2 cm³/mol. The number of hydrogen-bond acceptors (Lipinski definition) is 3. The van der Waals surface area contributed by atoms with E-state index in [1.165, 1.54) is 0 Å². The molecule has 2 heterocycles. The average molecular weight is 326 g/mol. The highest BCUT2D eigenvalue weighted by molar-refractivity contribution is 9.10. The van der Waals surface area contributed by atoms with Crippen LogP contribution < -0.4 is 5.32 Å². The third kappa shape index (κ3) is 3.76. The SMILES string of the molecule is CCCN(C(=O)c1ccc(Br)cn1)C1CCCNC1. The van der Waals surface area contributed by atoms with Crippen molar-refractivity contribution in [3.8, 4) is 0 Å². The molecular formula is C14H20BrN3O. The Morgan fingerprint density at radius 1 is 1.58 bits per heavy atom. The molecule has 1 fully saturated rings. The molecule has 1 aromatic rings. The second kappa shape index (κ2) is 7.01. The van der Waals surface area contributed by atoms with Gasteiger partial charge < -0.3 is 10.2 Å². The van der Waals surface area contributed by atoms with Crippen LogP contribution in [-0.2, 0) is 0 Å². The Hall–Kier alpha value is -0.940. The van der Waals surface area contributed by atoms with Gasteiger partial charge in [0.1, 0.15) is 5.69 Å². The predicted octanol–water partition coefficient (Wildman–Crippen LogP) is 2.45. The van der Waals surface area contributed by atoms with E-state index in [2.05, 4.69) is 33.2 Å². The first-order valence-corrected chi connectivity index (χ1v) is 7.65. The summed E-state index contributed by atoms with van der Waals surface area (Å²) in [6.07, 6.45) is 4.86. The van der Waals surface area contributed by atoms with Crippen molar-refractivity contribution in [1.82, 2.24) is 15.2 Å². The highest BCUT2D eigenvalue weighted by Crippen LogP contribution is 2.15. The van der Waals surface area contributed by atoms with E-state index in [1.54, 1.807) is 12.3 Å². The summed E-state index contributed by atoms with van der Waals surface area (Å²) in [7, 11) is 0. The van der Waals surface area contributed by atoms with Gasteiger partial charge in [0.2, 0.25) is 0 Å². The van der Waals surface area contributed by atoms with Gasteiger partial charge in [-0.05, 0) is 53.9 Å². The maximum Gasteiger partial charge on any atom is 0.272 e. The van der Waals surface area contributed by atoms with Crippen molar-refractivity contribution >= 4 is 21.8 Å². The van der Waals surface area contributed by atoms with E-state index in [9.17, 15) is 4.79 Å². The summed E-state index contributed by atoms with van der Waals surface area (Å²) in [5.74, 6) is 0.0445. The second-order valence-electron chi connectivity index (χ2n) is 4.86. The number of nitrogens with zero attached hydrogens (tertiary/aromatic N) is 2. The van der Waals surface area contributed by atoms with E-state index in [0.717, 1.165) is 43.4 Å². The Bertz CT molecular complexity index is 415. The Balaban J connectivity index is 2.13. The van der Waals surface area contributed by atoms with Gasteiger partial charge in [-0.2, -0.15) is 0 Å². The van der Waals surface area contributed by atoms with Crippen LogP contribution in [0.1, 0.15) is 36.7 Å². The average Bonchev–Trinajstić information content (AvgIpc) is 2.46. The maximum atomic E-state index is 12.6. The normalized spacial score (nSPS) is 19.2. The van der Waals surface area contributed by atoms with Crippen LogP contribution in [0.15, 0.2) is 22.8 Å². The molecule has 1 amide bonds. The highest BCUT2D eigenvalue weighted by atomic mass is 79.9. The van der Waals surface area contributed by atoms with Crippen LogP contribution in [0.4, 0.5) is 0 Å². The van der Waals surface area contributed by atoms with E-state index in [0.29, 0.717) is 11.7 Å². The Kier molecular flexibility index (Phi) is 5.34. The molecule has 2 rings (SSSR count). The molecular weight excluding hydrogens is 306 g/mol. The molecule has 0 radical (unpaired) electrons. The highest BCUT2D eigenvalue weighted by Gasteiger charge is 2.26. The van der Waals surface area contributed by atoms with Crippen LogP contribution in [-0.4, -0.2) is 41.5 Å². The van der Waals surface area contributed by atoms with E-state index in [1.807, 2.05) is 11.0 Å². The number of carbonyl (C=O) groups excluding carboxylic acids is 1. The molecule has 0 aliphatic carbocycles. The minimum Gasteiger partial charge on any atom is -0.333 e. The smallest absolute Gasteiger partial charge is 0.272 e. The van der Waals surface area contributed by atoms with Gasteiger partial charge in [0.05, 0.1) is 0 Å². The molecule has 1 aromatic heterocycles. The molecule has 1 aliphatic rings. The molecule has 1 unspecified atom stereocenters. The number of nitrogens with one attached hydrogen (secondary N) is 1. The second-order valence-corrected chi connectivity index (χ2v) is 5.78. The standard InChI is InChI=1S/C14H20BrN3O/c1-2-8-18(12-4-3-7-16-10-12)14(19)13-6-5-11(15)9-17-13/h5-6,9,12,16H,2-4,7-8,10H2,1H3. The van der Waals surface area contributed by atoms with Crippen molar-refractivity contribution in [3.05, 3.63) is 28.5 Å². The summed E-state index contributed by atoms with van der Waals surface area (Å²) < 4.78 is 0.894. The minimum atomic E-state index is 0.0445. The van der Waals surface area contributed by atoms with E-state index >= 15 is 0 Å². The van der Waals surface area contributed by atoms with Gasteiger partial charge in [-0.25, -0.2) is 4.98 Å². The van der Waals surface area contributed by atoms with Gasteiger partial charge in [-0.3, -0.25) is 4.79 Å². The molecule has 1 saturated heterocycles. The summed E-state index contributed by atoms with van der Waals surface area (Å²) in [6, 6.07) is 3.95. The van der Waals surface area contributed by atoms with Crippen LogP contribution >= 0.6 is 15.9 Å². The Morgan fingerprint density at radius 3 is 3.00 bits per heavy atom. The Morgan fingerprint density at radius 2 is 2.42 bits per heavy atom. The van der Waals surface area contributed by atoms with Crippen LogP contribution in [0.5, 0.6) is 0 Å². The third-order valence-electron chi connectivity index (χ3n) is 3.38. The molecule has 1 N–H and O–H groups in total. The van der Waals surface area contributed by atoms with Crippen LogP contribution in [0.3, 0.4) is 0 Å². The van der Waals surface area contributed by atoms with Gasteiger partial charge in [-0.1, -0.05) is 6.92 Å². The molecule has 0 aromatic carbocycles. The van der Waals surface area contributed by atoms with E-state index in [-0.39, 0.29) is 5.91 Å². The van der Waals surface area contributed by atoms with E-state index < -0.39 is 0 Å². The first-order valence-electron chi connectivity index (χ1n) is 6.85. The monoisotopic (exact) mass is 325 g/mol. The molecule has 4 nitrogen and oxygen atoms in total. The minimum absolute atomic E-state index is 0.0445. The maximum absolute atomic E-state index is 12.6. The third-order valence-corrected chi connectivity index (χ3v) is 3.85. The first kappa shape index (κ1) is 14.5. The van der Waals surface area contributed by atoms with Gasteiger partial charge in [0.15, 0.2) is 0 Å². The van der Waals surface area contributed by atoms with Gasteiger partial charge in [-0.15, -0.1) is 0 Å². The Labute approximate surface area is 122 Å². The van der Waals surface area contributed by atoms with Crippen LogP contribution in [0, 0.1) is 0 Å². The molecule has 104 valence electrons. The lowest BCUT2D eigenvalue weighted by Crippen LogP contribution is -2.49. The number of pyridine rings is 1. The molecule has 0 spiro atoms. The summed E-state index contributed by atoms with van der Waals surface area (Å²) in [6.45, 7) is 4.85. The lowest BCUT2D eigenvalue weighted by atomic mass is 10.0. The van der Waals surface area contributed by atoms with Crippen LogP contribution in [0.25, 0.3) is 0 Å². The topological polar surface area (TPSA) is 45.2 Å². The van der Waals surface area contributed by atoms with E-state index in [4.69, 9.17) is 0 Å². The van der Waals surface area contributed by atoms with Gasteiger partial charge in [0, 0.05) is 29.8 Å². The molecule has 19 heavy (non-hydrogen) atoms. The zero-order valence-corrected chi connectivity index (χ0v) is 12.8. The number of hydrogen-bond donors (Lipinski definition) is 1. The zero-order valence-electron chi connectivity index (χ0n) is 11.2. The van der Waals surface area contributed by atoms with Crippen molar-refractivity contribution in [2.24, 2.45) is 0 Å². The number of carbonyl (C=O) groups is 1. The fourth-order valence-electron chi connectivity index (χ4n) is 2.44. The number of aromatic nitrogens is 1. The fraction of sp³-hybridized carbons (Fsp3) is 0.571. The molecule has 0 bridgehead atoms. The molecule has 0 saturated carbocycles. The number of rotatable bonds is 4. The summed E-state index contributed by atoms with van der Waals surface area (Å²) in [5, 5.41) is 3.37. The van der Waals surface area contributed by atoms with Crippen molar-refractivity contribution < 1.29 is 4.79 Å². The quantitative estimate of drug-likeness (QED) is 0.924. The van der Waals surface area contributed by atoms with Crippen molar-refractivity contribution in [2.45, 2.75) is 32.2 Å². The molecule has 1 atom stereocenters.